The third kappa shape index (κ3) is 4.72. The van der Waals surface area contributed by atoms with Crippen molar-refractivity contribution in [1.82, 2.24) is 19.8 Å². The van der Waals surface area contributed by atoms with E-state index in [0.29, 0.717) is 5.82 Å². The number of benzene rings is 1. The van der Waals surface area contributed by atoms with E-state index >= 15 is 0 Å². The Morgan fingerprint density at radius 2 is 1.64 bits per heavy atom. The van der Waals surface area contributed by atoms with Crippen molar-refractivity contribution in [3.8, 4) is 0 Å². The van der Waals surface area contributed by atoms with Crippen LogP contribution in [0.2, 0.25) is 0 Å². The molecule has 1 heterocycles. The fraction of sp³-hybridized carbons (Fsp3) is 0.591. The second-order valence-electron chi connectivity index (χ2n) is 8.98. The molecule has 1 aromatic heterocycles. The van der Waals surface area contributed by atoms with E-state index in [4.69, 9.17) is 4.98 Å². The second kappa shape index (κ2) is 8.33. The molecule has 28 heavy (non-hydrogen) atoms. The minimum absolute atomic E-state index is 0.0451. The van der Waals surface area contributed by atoms with Crippen LogP contribution in [-0.2, 0) is 16.1 Å². The van der Waals surface area contributed by atoms with Gasteiger partial charge >= 0.3 is 0 Å². The van der Waals surface area contributed by atoms with Crippen molar-refractivity contribution in [2.24, 2.45) is 5.41 Å². The lowest BCUT2D eigenvalue weighted by atomic mass is 9.95. The van der Waals surface area contributed by atoms with Gasteiger partial charge in [-0.25, -0.2) is 4.98 Å². The number of hydrogen-bond acceptors (Lipinski definition) is 3. The Bertz CT molecular complexity index is 838. The molecular formula is C22H34N4O2. The lowest BCUT2D eigenvalue weighted by molar-refractivity contribution is -0.135. The van der Waals surface area contributed by atoms with Crippen LogP contribution < -0.4 is 5.32 Å². The van der Waals surface area contributed by atoms with Crippen molar-refractivity contribution < 1.29 is 9.59 Å². The van der Waals surface area contributed by atoms with Gasteiger partial charge in [-0.15, -0.1) is 0 Å². The summed E-state index contributed by atoms with van der Waals surface area (Å²) in [5.74, 6) is 0.694. The van der Waals surface area contributed by atoms with Gasteiger partial charge in [0, 0.05) is 17.5 Å². The number of para-hydroxylation sites is 2. The van der Waals surface area contributed by atoms with Gasteiger partial charge in [0.05, 0.1) is 17.1 Å². The number of carbonyl (C=O) groups is 2. The molecule has 0 radical (unpaired) electrons. The van der Waals surface area contributed by atoms with Crippen molar-refractivity contribution >= 4 is 22.8 Å². The lowest BCUT2D eigenvalue weighted by Crippen LogP contribution is -2.44. The Morgan fingerprint density at radius 1 is 1.07 bits per heavy atom. The van der Waals surface area contributed by atoms with Crippen LogP contribution in [0.4, 0.5) is 0 Å². The van der Waals surface area contributed by atoms with Gasteiger partial charge in [0.25, 0.3) is 0 Å². The summed E-state index contributed by atoms with van der Waals surface area (Å²) >= 11 is 0. The van der Waals surface area contributed by atoms with Gasteiger partial charge in [-0.05, 0) is 46.8 Å². The lowest BCUT2D eigenvalue weighted by Gasteiger charge is -2.31. The third-order valence-corrected chi connectivity index (χ3v) is 4.79. The minimum atomic E-state index is -0.493. The normalized spacial score (nSPS) is 13.2. The number of nitrogens with zero attached hydrogens (tertiary/aromatic N) is 3. The predicted octanol–water partition coefficient (Wildman–Crippen LogP) is 3.91. The molecule has 0 aliphatic carbocycles. The average molecular weight is 387 g/mol. The summed E-state index contributed by atoms with van der Waals surface area (Å²) in [6.45, 7) is 15.8. The Kier molecular flexibility index (Phi) is 6.52. The van der Waals surface area contributed by atoms with Gasteiger partial charge in [-0.1, -0.05) is 32.9 Å². The molecule has 6 heteroatoms. The maximum absolute atomic E-state index is 13.1. The molecule has 6 nitrogen and oxygen atoms in total. The van der Waals surface area contributed by atoms with E-state index in [9.17, 15) is 9.59 Å². The molecule has 0 spiro atoms. The SMILES string of the molecule is CC(NC(=O)C(C)(C)C)c1nc2ccccc2n1CC(=O)N(C(C)C)C(C)C. The number of hydrogen-bond donors (Lipinski definition) is 1. The zero-order valence-corrected chi connectivity index (χ0v) is 18.4. The standard InChI is InChI=1S/C22H34N4O2/c1-14(2)26(15(3)4)19(27)13-25-18-12-10-9-11-17(18)24-20(25)16(5)23-21(28)22(6,7)8/h9-12,14-16H,13H2,1-8H3,(H,23,28). The molecule has 1 aromatic carbocycles. The van der Waals surface area contributed by atoms with E-state index in [0.717, 1.165) is 11.0 Å². The molecule has 2 rings (SSSR count). The highest BCUT2D eigenvalue weighted by Crippen LogP contribution is 2.23. The number of rotatable bonds is 6. The Morgan fingerprint density at radius 3 is 2.18 bits per heavy atom. The Hall–Kier alpha value is -2.37. The van der Waals surface area contributed by atoms with Crippen molar-refractivity contribution in [1.29, 1.82) is 0 Å². The average Bonchev–Trinajstić information content (AvgIpc) is 2.92. The summed E-state index contributed by atoms with van der Waals surface area (Å²) in [6.07, 6.45) is 0. The van der Waals surface area contributed by atoms with Gasteiger partial charge in [0.1, 0.15) is 12.4 Å². The van der Waals surface area contributed by atoms with E-state index in [2.05, 4.69) is 5.32 Å². The first kappa shape index (κ1) is 21.9. The smallest absolute Gasteiger partial charge is 0.243 e. The topological polar surface area (TPSA) is 67.2 Å². The molecule has 154 valence electrons. The molecule has 0 fully saturated rings. The summed E-state index contributed by atoms with van der Waals surface area (Å²) in [6, 6.07) is 7.69. The maximum atomic E-state index is 13.1. The highest BCUT2D eigenvalue weighted by atomic mass is 16.2. The first-order valence-electron chi connectivity index (χ1n) is 10.0. The number of fused-ring (bicyclic) bond motifs is 1. The summed E-state index contributed by atoms with van der Waals surface area (Å²) in [4.78, 5) is 32.2. The van der Waals surface area contributed by atoms with E-state index in [1.807, 2.05) is 89.1 Å². The fourth-order valence-electron chi connectivity index (χ4n) is 3.46. The largest absolute Gasteiger partial charge is 0.346 e. The molecule has 0 saturated carbocycles. The van der Waals surface area contributed by atoms with E-state index in [1.54, 1.807) is 0 Å². The van der Waals surface area contributed by atoms with E-state index in [1.165, 1.54) is 0 Å². The number of nitrogens with one attached hydrogen (secondary N) is 1. The number of amides is 2. The number of imidazole rings is 1. The Labute approximate surface area is 168 Å². The van der Waals surface area contributed by atoms with E-state index in [-0.39, 0.29) is 36.5 Å². The Balaban J connectivity index is 2.42. The van der Waals surface area contributed by atoms with Crippen molar-refractivity contribution in [3.05, 3.63) is 30.1 Å². The van der Waals surface area contributed by atoms with Crippen LogP contribution >= 0.6 is 0 Å². The fourth-order valence-corrected chi connectivity index (χ4v) is 3.46. The molecule has 1 atom stereocenters. The molecule has 2 amide bonds. The van der Waals surface area contributed by atoms with Gasteiger partial charge in [0.2, 0.25) is 11.8 Å². The van der Waals surface area contributed by atoms with Gasteiger partial charge < -0.3 is 14.8 Å². The predicted molar refractivity (Wildman–Crippen MR) is 113 cm³/mol. The highest BCUT2D eigenvalue weighted by Gasteiger charge is 2.27. The highest BCUT2D eigenvalue weighted by molar-refractivity contribution is 5.83. The van der Waals surface area contributed by atoms with E-state index < -0.39 is 5.41 Å². The van der Waals surface area contributed by atoms with Crippen LogP contribution in [0.5, 0.6) is 0 Å². The van der Waals surface area contributed by atoms with Crippen LogP contribution in [0.15, 0.2) is 24.3 Å². The summed E-state index contributed by atoms with van der Waals surface area (Å²) in [5.41, 5.74) is 1.23. The van der Waals surface area contributed by atoms with Crippen molar-refractivity contribution in [2.45, 2.75) is 80.1 Å². The molecule has 1 unspecified atom stereocenters. The molecule has 2 aromatic rings. The minimum Gasteiger partial charge on any atom is -0.346 e. The van der Waals surface area contributed by atoms with Crippen LogP contribution in [0.1, 0.15) is 67.3 Å². The summed E-state index contributed by atoms with van der Waals surface area (Å²) in [7, 11) is 0. The van der Waals surface area contributed by atoms with Gasteiger partial charge in [-0.2, -0.15) is 0 Å². The summed E-state index contributed by atoms with van der Waals surface area (Å²) in [5, 5.41) is 3.04. The van der Waals surface area contributed by atoms with Gasteiger partial charge in [0.15, 0.2) is 0 Å². The molecule has 0 saturated heterocycles. The number of carbonyl (C=O) groups excluding carboxylic acids is 2. The van der Waals surface area contributed by atoms with Crippen LogP contribution in [0.25, 0.3) is 11.0 Å². The molecule has 1 N–H and O–H groups in total. The van der Waals surface area contributed by atoms with Crippen molar-refractivity contribution in [3.63, 3.8) is 0 Å². The van der Waals surface area contributed by atoms with Crippen LogP contribution in [0.3, 0.4) is 0 Å². The maximum Gasteiger partial charge on any atom is 0.243 e. The molecule has 0 bridgehead atoms. The second-order valence-corrected chi connectivity index (χ2v) is 8.98. The monoisotopic (exact) mass is 386 g/mol. The first-order valence-corrected chi connectivity index (χ1v) is 10.0. The van der Waals surface area contributed by atoms with Crippen LogP contribution in [0, 0.1) is 5.41 Å². The van der Waals surface area contributed by atoms with Crippen molar-refractivity contribution in [2.75, 3.05) is 0 Å². The third-order valence-electron chi connectivity index (χ3n) is 4.79. The van der Waals surface area contributed by atoms with Gasteiger partial charge in [-0.3, -0.25) is 9.59 Å². The quantitative estimate of drug-likeness (QED) is 0.818. The zero-order chi connectivity index (χ0) is 21.2. The first-order chi connectivity index (χ1) is 12.9. The molecule has 0 aliphatic rings. The summed E-state index contributed by atoms with van der Waals surface area (Å²) < 4.78 is 1.93. The number of aromatic nitrogens is 2. The van der Waals surface area contributed by atoms with Crippen LogP contribution in [-0.4, -0.2) is 38.3 Å². The molecule has 0 aliphatic heterocycles. The zero-order valence-electron chi connectivity index (χ0n) is 18.4. The molecular weight excluding hydrogens is 352 g/mol.